The largest absolute Gasteiger partial charge is 0.507 e. The Labute approximate surface area is 124 Å². The normalized spacial score (nSPS) is 9.82. The Morgan fingerprint density at radius 2 is 1.64 bits per heavy atom. The molecule has 0 atom stereocenters. The van der Waals surface area contributed by atoms with Gasteiger partial charge >= 0.3 is 0 Å². The van der Waals surface area contributed by atoms with E-state index < -0.39 is 22.5 Å². The van der Waals surface area contributed by atoms with E-state index in [4.69, 9.17) is 0 Å². The van der Waals surface area contributed by atoms with E-state index >= 15 is 0 Å². The average Bonchev–Trinajstić information content (AvgIpc) is 2.53. The third kappa shape index (κ3) is 3.37. The molecule has 112 valence electrons. The molecule has 8 nitrogen and oxygen atoms in total. The minimum Gasteiger partial charge on any atom is -0.507 e. The number of rotatable bonds is 3. The van der Waals surface area contributed by atoms with Crippen molar-refractivity contribution in [2.75, 3.05) is 0 Å². The van der Waals surface area contributed by atoms with Gasteiger partial charge in [0.1, 0.15) is 5.75 Å². The lowest BCUT2D eigenvalue weighted by molar-refractivity contribution is -0.384. The maximum absolute atomic E-state index is 11.9. The molecule has 22 heavy (non-hydrogen) atoms. The van der Waals surface area contributed by atoms with Crippen LogP contribution in [0, 0.1) is 10.1 Å². The number of phenols is 1. The number of amides is 2. The number of aromatic hydroxyl groups is 1. The van der Waals surface area contributed by atoms with E-state index in [1.165, 1.54) is 0 Å². The maximum atomic E-state index is 11.9. The summed E-state index contributed by atoms with van der Waals surface area (Å²) in [4.78, 5) is 33.6. The fourth-order valence-electron chi connectivity index (χ4n) is 1.66. The number of phenolic OH excluding ortho intramolecular Hbond substituents is 1. The second-order valence-electron chi connectivity index (χ2n) is 4.23. The molecule has 0 bridgehead atoms. The van der Waals surface area contributed by atoms with E-state index in [9.17, 15) is 24.8 Å². The molecule has 0 aliphatic rings. The Morgan fingerprint density at radius 1 is 1.00 bits per heavy atom. The van der Waals surface area contributed by atoms with Crippen LogP contribution < -0.4 is 10.9 Å². The number of nitro benzene ring substituents is 1. The minimum absolute atomic E-state index is 0.317. The van der Waals surface area contributed by atoms with Crippen LogP contribution in [-0.2, 0) is 0 Å². The highest BCUT2D eigenvalue weighted by Crippen LogP contribution is 2.22. The second-order valence-corrected chi connectivity index (χ2v) is 4.23. The number of hydrogen-bond donors (Lipinski definition) is 3. The quantitative estimate of drug-likeness (QED) is 0.584. The van der Waals surface area contributed by atoms with Crippen LogP contribution in [0.15, 0.2) is 48.5 Å². The number of nitro groups is 1. The molecule has 0 spiro atoms. The van der Waals surface area contributed by atoms with Gasteiger partial charge in [-0.15, -0.1) is 0 Å². The molecule has 2 amide bonds. The Balaban J connectivity index is 2.08. The van der Waals surface area contributed by atoms with Crippen molar-refractivity contribution in [3.8, 4) is 5.75 Å². The predicted molar refractivity (Wildman–Crippen MR) is 76.1 cm³/mol. The van der Waals surface area contributed by atoms with Crippen molar-refractivity contribution in [1.82, 2.24) is 10.9 Å². The zero-order valence-electron chi connectivity index (χ0n) is 11.1. The van der Waals surface area contributed by atoms with Crippen molar-refractivity contribution < 1.29 is 19.6 Å². The topological polar surface area (TPSA) is 122 Å². The van der Waals surface area contributed by atoms with Crippen LogP contribution in [0.25, 0.3) is 0 Å². The Bertz CT molecular complexity index is 731. The van der Waals surface area contributed by atoms with Gasteiger partial charge in [-0.3, -0.25) is 30.6 Å². The smallest absolute Gasteiger partial charge is 0.273 e. The molecule has 0 fully saturated rings. The summed E-state index contributed by atoms with van der Waals surface area (Å²) in [6.07, 6.45) is 0. The highest BCUT2D eigenvalue weighted by molar-refractivity contribution is 6.00. The van der Waals surface area contributed by atoms with Crippen LogP contribution in [0.4, 0.5) is 5.69 Å². The first-order valence-corrected chi connectivity index (χ1v) is 6.12. The Morgan fingerprint density at radius 3 is 2.27 bits per heavy atom. The molecule has 2 aromatic carbocycles. The molecule has 0 unspecified atom stereocenters. The molecule has 0 aliphatic heterocycles. The van der Waals surface area contributed by atoms with Gasteiger partial charge in [0, 0.05) is 17.7 Å². The number of nitrogens with zero attached hydrogens (tertiary/aromatic N) is 1. The van der Waals surface area contributed by atoms with Gasteiger partial charge in [-0.1, -0.05) is 18.2 Å². The summed E-state index contributed by atoms with van der Waals surface area (Å²) in [5.41, 5.74) is 3.90. The van der Waals surface area contributed by atoms with E-state index in [1.807, 2.05) is 0 Å². The molecule has 0 aromatic heterocycles. The number of hydrogen-bond acceptors (Lipinski definition) is 5. The molecular formula is C14H11N3O5. The van der Waals surface area contributed by atoms with Gasteiger partial charge in [-0.25, -0.2) is 0 Å². The lowest BCUT2D eigenvalue weighted by atomic mass is 10.1. The first-order valence-electron chi connectivity index (χ1n) is 6.12. The first-order chi connectivity index (χ1) is 10.5. The summed E-state index contributed by atoms with van der Waals surface area (Å²) in [6.45, 7) is 0. The van der Waals surface area contributed by atoms with Gasteiger partial charge in [-0.05, 0) is 18.2 Å². The number of nitrogens with one attached hydrogen (secondary N) is 2. The van der Waals surface area contributed by atoms with Gasteiger partial charge < -0.3 is 5.11 Å². The summed E-state index contributed by atoms with van der Waals surface area (Å²) in [5.74, 6) is -1.86. The van der Waals surface area contributed by atoms with Crippen molar-refractivity contribution in [3.63, 3.8) is 0 Å². The van der Waals surface area contributed by atoms with Gasteiger partial charge in [0.05, 0.1) is 10.5 Å². The predicted octanol–water partition coefficient (Wildman–Crippen LogP) is 1.38. The number of non-ortho nitro benzene ring substituents is 1. The minimum atomic E-state index is -0.870. The van der Waals surface area contributed by atoms with Gasteiger partial charge in [-0.2, -0.15) is 0 Å². The Kier molecular flexibility index (Phi) is 4.33. The fraction of sp³-hybridized carbons (Fsp3) is 0. The van der Waals surface area contributed by atoms with Crippen molar-refractivity contribution in [2.45, 2.75) is 0 Å². The maximum Gasteiger partial charge on any atom is 0.273 e. The number of carbonyl (C=O) groups is 2. The van der Waals surface area contributed by atoms with Crippen LogP contribution in [0.1, 0.15) is 20.7 Å². The monoisotopic (exact) mass is 301 g/mol. The van der Waals surface area contributed by atoms with E-state index in [-0.39, 0.29) is 11.3 Å². The van der Waals surface area contributed by atoms with E-state index in [0.717, 1.165) is 18.2 Å². The van der Waals surface area contributed by atoms with Crippen LogP contribution in [0.2, 0.25) is 0 Å². The van der Waals surface area contributed by atoms with Crippen molar-refractivity contribution in [3.05, 3.63) is 69.8 Å². The van der Waals surface area contributed by atoms with E-state index in [0.29, 0.717) is 5.56 Å². The van der Waals surface area contributed by atoms with Gasteiger partial charge in [0.15, 0.2) is 0 Å². The standard InChI is InChI=1S/C14H11N3O5/c18-12-7-6-10(17(21)22)8-11(12)14(20)16-15-13(19)9-4-2-1-3-5-9/h1-8,18H,(H,15,19)(H,16,20). The summed E-state index contributed by atoms with van der Waals surface area (Å²) in [6, 6.07) is 11.2. The second kappa shape index (κ2) is 6.35. The molecule has 0 heterocycles. The van der Waals surface area contributed by atoms with E-state index in [1.54, 1.807) is 30.3 Å². The number of hydrazine groups is 1. The van der Waals surface area contributed by atoms with Crippen molar-refractivity contribution >= 4 is 17.5 Å². The van der Waals surface area contributed by atoms with Crippen LogP contribution in [-0.4, -0.2) is 21.8 Å². The number of benzene rings is 2. The third-order valence-electron chi connectivity index (χ3n) is 2.76. The summed E-state index contributed by atoms with van der Waals surface area (Å²) in [5, 5.41) is 20.2. The van der Waals surface area contributed by atoms with E-state index in [2.05, 4.69) is 10.9 Å². The summed E-state index contributed by atoms with van der Waals surface area (Å²) >= 11 is 0. The van der Waals surface area contributed by atoms with Crippen molar-refractivity contribution in [2.24, 2.45) is 0 Å². The average molecular weight is 301 g/mol. The zero-order chi connectivity index (χ0) is 16.1. The molecule has 2 rings (SSSR count). The lowest BCUT2D eigenvalue weighted by Gasteiger charge is -2.08. The highest BCUT2D eigenvalue weighted by Gasteiger charge is 2.17. The molecule has 3 N–H and O–H groups in total. The highest BCUT2D eigenvalue weighted by atomic mass is 16.6. The van der Waals surface area contributed by atoms with Crippen LogP contribution >= 0.6 is 0 Å². The van der Waals surface area contributed by atoms with Crippen LogP contribution in [0.3, 0.4) is 0 Å². The summed E-state index contributed by atoms with van der Waals surface area (Å²) in [7, 11) is 0. The molecule has 0 radical (unpaired) electrons. The molecule has 0 saturated carbocycles. The fourth-order valence-corrected chi connectivity index (χ4v) is 1.66. The SMILES string of the molecule is O=C(NNC(=O)c1cc([N+](=O)[O-])ccc1O)c1ccccc1. The zero-order valence-corrected chi connectivity index (χ0v) is 11.1. The van der Waals surface area contributed by atoms with Crippen molar-refractivity contribution in [1.29, 1.82) is 0 Å². The molecule has 2 aromatic rings. The van der Waals surface area contributed by atoms with Gasteiger partial charge in [0.2, 0.25) is 0 Å². The summed E-state index contributed by atoms with van der Waals surface area (Å²) < 4.78 is 0. The lowest BCUT2D eigenvalue weighted by Crippen LogP contribution is -2.41. The number of carbonyl (C=O) groups excluding carboxylic acids is 2. The molecular weight excluding hydrogens is 290 g/mol. The Hall–Kier alpha value is -3.42. The van der Waals surface area contributed by atoms with Crippen LogP contribution in [0.5, 0.6) is 5.75 Å². The third-order valence-corrected chi connectivity index (χ3v) is 2.76. The van der Waals surface area contributed by atoms with Gasteiger partial charge in [0.25, 0.3) is 17.5 Å². The molecule has 0 aliphatic carbocycles. The molecule has 8 heteroatoms. The molecule has 0 saturated heterocycles. The first kappa shape index (κ1) is 15.0.